The molecular formula is C37H63NO6S. The van der Waals surface area contributed by atoms with Crippen molar-refractivity contribution in [3.8, 4) is 0 Å². The number of carbonyl (C=O) groups excluding carboxylic acids is 2. The molecule has 0 fully saturated rings. The summed E-state index contributed by atoms with van der Waals surface area (Å²) in [4.78, 5) is 30.3. The number of nitrogens with one attached hydrogen (secondary N) is 1. The van der Waals surface area contributed by atoms with Crippen LogP contribution in [-0.4, -0.2) is 48.1 Å². The average Bonchev–Trinajstić information content (AvgIpc) is 3.01. The van der Waals surface area contributed by atoms with E-state index in [4.69, 9.17) is 9.84 Å². The summed E-state index contributed by atoms with van der Waals surface area (Å²) < 4.78 is 9.58. The fourth-order valence-electron chi connectivity index (χ4n) is 2.79. The number of aliphatic carboxylic acids is 1. The third kappa shape index (κ3) is 48.0. The van der Waals surface area contributed by atoms with Crippen molar-refractivity contribution in [3.05, 3.63) is 79.4 Å². The lowest BCUT2D eigenvalue weighted by Gasteiger charge is -2.16. The van der Waals surface area contributed by atoms with Gasteiger partial charge in [0.1, 0.15) is 6.73 Å². The van der Waals surface area contributed by atoms with Crippen LogP contribution >= 0.6 is 12.6 Å². The summed E-state index contributed by atoms with van der Waals surface area (Å²) in [5, 5.41) is 10.4. The number of thiol groups is 1. The summed E-state index contributed by atoms with van der Waals surface area (Å²) >= 11 is 4.51. The minimum atomic E-state index is -0.935. The van der Waals surface area contributed by atoms with E-state index in [9.17, 15) is 14.4 Å². The van der Waals surface area contributed by atoms with E-state index in [0.717, 1.165) is 12.8 Å². The molecule has 1 aromatic rings. The summed E-state index contributed by atoms with van der Waals surface area (Å²) in [5.41, 5.74) is 1.78. The molecule has 0 saturated carbocycles. The van der Waals surface area contributed by atoms with E-state index >= 15 is 0 Å². The van der Waals surface area contributed by atoms with Crippen LogP contribution in [-0.2, 0) is 23.9 Å². The minimum Gasteiger partial charge on any atom is -0.478 e. The van der Waals surface area contributed by atoms with Crippen LogP contribution in [0.3, 0.4) is 0 Å². The second kappa shape index (κ2) is 35.4. The normalized spacial score (nSPS) is 9.42. The number of hydrogen-bond donors (Lipinski definition) is 3. The van der Waals surface area contributed by atoms with Crippen molar-refractivity contribution in [2.24, 2.45) is 0 Å². The van der Waals surface area contributed by atoms with E-state index in [0.29, 0.717) is 12.2 Å². The van der Waals surface area contributed by atoms with Crippen molar-refractivity contribution < 1.29 is 29.0 Å². The average molecular weight is 650 g/mol. The van der Waals surface area contributed by atoms with Gasteiger partial charge in [-0.15, -0.1) is 0 Å². The van der Waals surface area contributed by atoms with Gasteiger partial charge in [-0.2, -0.15) is 12.6 Å². The molecule has 0 unspecified atom stereocenters. The lowest BCUT2D eigenvalue weighted by atomic mass is 10.0. The number of ether oxygens (including phenoxy) is 2. The van der Waals surface area contributed by atoms with E-state index in [-0.39, 0.29) is 28.9 Å². The molecule has 0 aliphatic heterocycles. The molecule has 0 saturated heterocycles. The molecule has 1 aromatic carbocycles. The minimum absolute atomic E-state index is 0.176. The molecule has 0 aliphatic rings. The van der Waals surface area contributed by atoms with Crippen LogP contribution in [0.15, 0.2) is 73.9 Å². The quantitative estimate of drug-likeness (QED) is 0.0511. The molecule has 2 N–H and O–H groups in total. The van der Waals surface area contributed by atoms with Crippen LogP contribution in [0.5, 0.6) is 0 Å². The number of carboxylic acid groups (broad SMARTS) is 1. The Hall–Kier alpha value is -3.10. The molecule has 8 heteroatoms. The van der Waals surface area contributed by atoms with Crippen molar-refractivity contribution >= 4 is 36.6 Å². The SMILES string of the molecule is C=C(C)C(=O)O.C=C(C)C(=O)OC.C=CC(=O)NCOCCCC.C=Cc1ccccc1.CCCCCCCCCC(C)(C)S. The van der Waals surface area contributed by atoms with Gasteiger partial charge >= 0.3 is 11.9 Å². The fraction of sp³-hybridized carbons (Fsp3) is 0.541. The van der Waals surface area contributed by atoms with E-state index in [1.54, 1.807) is 6.92 Å². The molecule has 45 heavy (non-hydrogen) atoms. The molecule has 0 aromatic heterocycles. The van der Waals surface area contributed by atoms with Crippen LogP contribution in [0.25, 0.3) is 6.08 Å². The highest BCUT2D eigenvalue weighted by atomic mass is 32.1. The van der Waals surface area contributed by atoms with Crippen LogP contribution in [0, 0.1) is 0 Å². The van der Waals surface area contributed by atoms with Gasteiger partial charge in [0.25, 0.3) is 0 Å². The number of benzene rings is 1. The lowest BCUT2D eigenvalue weighted by Crippen LogP contribution is -2.23. The first kappa shape index (κ1) is 48.8. The number of esters is 1. The number of amides is 1. The smallest absolute Gasteiger partial charge is 0.332 e. The van der Waals surface area contributed by atoms with Gasteiger partial charge in [-0.25, -0.2) is 9.59 Å². The molecule has 0 aliphatic carbocycles. The van der Waals surface area contributed by atoms with E-state index in [1.165, 1.54) is 77.0 Å². The predicted octanol–water partition coefficient (Wildman–Crippen LogP) is 9.61. The number of hydrogen-bond acceptors (Lipinski definition) is 6. The Bertz CT molecular complexity index is 911. The second-order valence-corrected chi connectivity index (χ2v) is 12.0. The predicted molar refractivity (Wildman–Crippen MR) is 196 cm³/mol. The maximum absolute atomic E-state index is 10.5. The zero-order chi connectivity index (χ0) is 35.5. The molecule has 258 valence electrons. The molecular weight excluding hydrogens is 586 g/mol. The Morgan fingerprint density at radius 3 is 1.71 bits per heavy atom. The summed E-state index contributed by atoms with van der Waals surface area (Å²) in [6, 6.07) is 10.0. The Morgan fingerprint density at radius 2 is 1.38 bits per heavy atom. The Labute approximate surface area is 280 Å². The van der Waals surface area contributed by atoms with Gasteiger partial charge in [0, 0.05) is 22.5 Å². The van der Waals surface area contributed by atoms with Gasteiger partial charge in [-0.3, -0.25) is 4.79 Å². The van der Waals surface area contributed by atoms with Gasteiger partial charge in [0.15, 0.2) is 0 Å². The number of unbranched alkanes of at least 4 members (excludes halogenated alkanes) is 7. The van der Waals surface area contributed by atoms with Gasteiger partial charge in [-0.05, 0) is 38.3 Å². The highest BCUT2D eigenvalue weighted by Gasteiger charge is 2.09. The van der Waals surface area contributed by atoms with Crippen molar-refractivity contribution in [2.75, 3.05) is 20.4 Å². The molecule has 0 heterocycles. The number of carbonyl (C=O) groups is 3. The highest BCUT2D eigenvalue weighted by molar-refractivity contribution is 7.81. The zero-order valence-corrected chi connectivity index (χ0v) is 30.2. The first-order valence-electron chi connectivity index (χ1n) is 15.6. The molecule has 7 nitrogen and oxygen atoms in total. The molecule has 0 atom stereocenters. The molecule has 1 rings (SSSR count). The first-order chi connectivity index (χ1) is 21.1. The van der Waals surface area contributed by atoms with E-state index in [2.05, 4.69) is 76.7 Å². The third-order valence-corrected chi connectivity index (χ3v) is 5.73. The van der Waals surface area contributed by atoms with Crippen molar-refractivity contribution in [1.29, 1.82) is 0 Å². The van der Waals surface area contributed by atoms with Crippen LogP contribution in [0.1, 0.15) is 111 Å². The van der Waals surface area contributed by atoms with Crippen molar-refractivity contribution in [3.63, 3.8) is 0 Å². The van der Waals surface area contributed by atoms with Gasteiger partial charge in [0.05, 0.1) is 7.11 Å². The van der Waals surface area contributed by atoms with E-state index < -0.39 is 5.97 Å². The summed E-state index contributed by atoms with van der Waals surface area (Å²) in [7, 11) is 1.33. The first-order valence-corrected chi connectivity index (χ1v) is 16.1. The summed E-state index contributed by atoms with van der Waals surface area (Å²) in [6.45, 7) is 26.2. The lowest BCUT2D eigenvalue weighted by molar-refractivity contribution is -0.136. The van der Waals surface area contributed by atoms with Crippen LogP contribution in [0.4, 0.5) is 0 Å². The Morgan fingerprint density at radius 1 is 0.889 bits per heavy atom. The van der Waals surface area contributed by atoms with Gasteiger partial charge < -0.3 is 19.9 Å². The molecule has 0 bridgehead atoms. The van der Waals surface area contributed by atoms with Crippen molar-refractivity contribution in [2.45, 2.75) is 110 Å². The third-order valence-electron chi connectivity index (χ3n) is 5.50. The topological polar surface area (TPSA) is 102 Å². The highest BCUT2D eigenvalue weighted by Crippen LogP contribution is 2.21. The Kier molecular flexibility index (Phi) is 38.4. The molecule has 0 spiro atoms. The van der Waals surface area contributed by atoms with Crippen molar-refractivity contribution in [1.82, 2.24) is 5.32 Å². The summed E-state index contributed by atoms with van der Waals surface area (Å²) in [5.74, 6) is -1.48. The van der Waals surface area contributed by atoms with Crippen LogP contribution < -0.4 is 5.32 Å². The number of carboxylic acids is 1. The monoisotopic (exact) mass is 649 g/mol. The number of rotatable bonds is 17. The zero-order valence-electron chi connectivity index (χ0n) is 29.3. The Balaban J connectivity index is -0.000000240. The van der Waals surface area contributed by atoms with Gasteiger partial charge in [0.2, 0.25) is 5.91 Å². The fourth-order valence-corrected chi connectivity index (χ4v) is 2.95. The second-order valence-electron chi connectivity index (χ2n) is 10.8. The maximum atomic E-state index is 10.5. The largest absolute Gasteiger partial charge is 0.478 e. The summed E-state index contributed by atoms with van der Waals surface area (Å²) in [6.07, 6.45) is 16.2. The van der Waals surface area contributed by atoms with Gasteiger partial charge in [-0.1, -0.05) is 142 Å². The molecule has 1 amide bonds. The molecule has 0 radical (unpaired) electrons. The number of methoxy groups -OCH3 is 1. The van der Waals surface area contributed by atoms with Crippen LogP contribution in [0.2, 0.25) is 0 Å². The standard InChI is InChI=1S/C12H26S.C8H15NO2.C8H8.C5H8O2.C4H6O2/c1-4-5-6-7-8-9-10-11-12(2,3)13;1-3-5-6-11-7-9-8(10)4-2;1-2-8-6-4-3-5-7-8;1-4(2)5(6)7-3;1-3(2)4(5)6/h13H,4-11H2,1-3H3;4H,2-3,5-7H2,1H3,(H,9,10);2-7H,1H2;1H2,2-3H3;1H2,2H3,(H,5,6). The van der Waals surface area contributed by atoms with E-state index in [1.807, 2.05) is 36.4 Å². The maximum Gasteiger partial charge on any atom is 0.332 e.